The van der Waals surface area contributed by atoms with Crippen LogP contribution in [0.5, 0.6) is 5.75 Å². The molecule has 29 heavy (non-hydrogen) atoms. The molecule has 3 aromatic rings. The standard InChI is InChI=1S/C20H25N7O.ClH/c1-13(16-3-6-24-26(16)2)28-17-9-14(11-23-19(17)21)15-10-18-20(4-7-22-12-20)5-8-27(18)25-15;/h3,6,9-11,13,22H,4-5,7-8,12H2,1-2H3,(H2,21,23);1H/t13?,20-;/m1./s1. The molecule has 1 spiro atoms. The quantitative estimate of drug-likeness (QED) is 0.679. The van der Waals surface area contributed by atoms with Gasteiger partial charge in [0.25, 0.3) is 0 Å². The van der Waals surface area contributed by atoms with E-state index in [9.17, 15) is 0 Å². The normalized spacial score (nSPS) is 21.2. The van der Waals surface area contributed by atoms with Crippen molar-refractivity contribution in [1.82, 2.24) is 29.9 Å². The summed E-state index contributed by atoms with van der Waals surface area (Å²) in [6, 6.07) is 6.08. The Morgan fingerprint density at radius 1 is 1.31 bits per heavy atom. The summed E-state index contributed by atoms with van der Waals surface area (Å²) in [7, 11) is 1.90. The van der Waals surface area contributed by atoms with E-state index in [-0.39, 0.29) is 23.9 Å². The van der Waals surface area contributed by atoms with Crippen LogP contribution in [-0.4, -0.2) is 37.6 Å². The van der Waals surface area contributed by atoms with Gasteiger partial charge in [-0.15, -0.1) is 12.4 Å². The first-order valence-corrected chi connectivity index (χ1v) is 9.75. The molecule has 1 saturated heterocycles. The first kappa shape index (κ1) is 19.7. The van der Waals surface area contributed by atoms with Gasteiger partial charge in [0, 0.05) is 49.2 Å². The number of nitrogens with two attached hydrogens (primary N) is 1. The van der Waals surface area contributed by atoms with Gasteiger partial charge in [-0.25, -0.2) is 4.98 Å². The molecular formula is C20H26ClN7O. The molecule has 3 aromatic heterocycles. The number of nitrogens with zero attached hydrogens (tertiary/aromatic N) is 5. The highest BCUT2D eigenvalue weighted by Gasteiger charge is 2.42. The summed E-state index contributed by atoms with van der Waals surface area (Å²) in [6.45, 7) is 5.06. The number of halogens is 1. The summed E-state index contributed by atoms with van der Waals surface area (Å²) in [5.74, 6) is 0.942. The van der Waals surface area contributed by atoms with E-state index in [0.29, 0.717) is 11.6 Å². The summed E-state index contributed by atoms with van der Waals surface area (Å²) in [4.78, 5) is 4.35. The molecule has 2 aliphatic rings. The van der Waals surface area contributed by atoms with E-state index < -0.39 is 0 Å². The number of ether oxygens (including phenoxy) is 1. The van der Waals surface area contributed by atoms with E-state index in [1.54, 1.807) is 17.1 Å². The monoisotopic (exact) mass is 415 g/mol. The van der Waals surface area contributed by atoms with Crippen LogP contribution >= 0.6 is 12.4 Å². The number of rotatable bonds is 4. The molecular weight excluding hydrogens is 390 g/mol. The zero-order valence-electron chi connectivity index (χ0n) is 16.6. The van der Waals surface area contributed by atoms with Gasteiger partial charge >= 0.3 is 0 Å². The average Bonchev–Trinajstić information content (AvgIpc) is 3.44. The number of fused-ring (bicyclic) bond motifs is 2. The predicted molar refractivity (Wildman–Crippen MR) is 113 cm³/mol. The molecule has 8 nitrogen and oxygen atoms in total. The van der Waals surface area contributed by atoms with Crippen molar-refractivity contribution in [3.05, 3.63) is 42.0 Å². The maximum atomic E-state index is 6.11. The molecule has 2 aliphatic heterocycles. The minimum Gasteiger partial charge on any atom is -0.481 e. The summed E-state index contributed by atoms with van der Waals surface area (Å²) in [5.41, 5.74) is 10.5. The van der Waals surface area contributed by atoms with Crippen molar-refractivity contribution >= 4 is 18.2 Å². The molecule has 1 fully saturated rings. The summed E-state index contributed by atoms with van der Waals surface area (Å²) >= 11 is 0. The zero-order chi connectivity index (χ0) is 19.3. The fourth-order valence-electron chi connectivity index (χ4n) is 4.50. The fraction of sp³-hybridized carbons (Fsp3) is 0.450. The van der Waals surface area contributed by atoms with Gasteiger partial charge in [0.1, 0.15) is 6.10 Å². The second-order valence-corrected chi connectivity index (χ2v) is 7.84. The van der Waals surface area contributed by atoms with Gasteiger partial charge < -0.3 is 15.8 Å². The topological polar surface area (TPSA) is 95.8 Å². The largest absolute Gasteiger partial charge is 0.481 e. The SMILES string of the molecule is CC(Oc1cc(-c2cc3n(n2)CC[C@@]32CCNC2)cnc1N)c1ccnn1C.Cl. The Kier molecular flexibility index (Phi) is 5.00. The Labute approximate surface area is 175 Å². The van der Waals surface area contributed by atoms with Gasteiger partial charge in [0.2, 0.25) is 0 Å². The molecule has 1 unspecified atom stereocenters. The zero-order valence-corrected chi connectivity index (χ0v) is 17.4. The molecule has 0 amide bonds. The maximum Gasteiger partial charge on any atom is 0.166 e. The van der Waals surface area contributed by atoms with Crippen LogP contribution in [0.2, 0.25) is 0 Å². The second-order valence-electron chi connectivity index (χ2n) is 7.84. The summed E-state index contributed by atoms with van der Waals surface area (Å²) < 4.78 is 10.1. The summed E-state index contributed by atoms with van der Waals surface area (Å²) in [6.07, 6.45) is 5.68. The molecule has 0 aromatic carbocycles. The van der Waals surface area contributed by atoms with Crippen LogP contribution in [0.3, 0.4) is 0 Å². The van der Waals surface area contributed by atoms with Gasteiger partial charge in [-0.3, -0.25) is 9.36 Å². The number of aryl methyl sites for hydroxylation is 2. The minimum absolute atomic E-state index is 0. The molecule has 0 radical (unpaired) electrons. The Balaban J connectivity index is 0.00000205. The van der Waals surface area contributed by atoms with E-state index in [1.165, 1.54) is 18.5 Å². The molecule has 0 saturated carbocycles. The number of nitrogens with one attached hydrogen (secondary N) is 1. The van der Waals surface area contributed by atoms with Crippen molar-refractivity contribution in [3.8, 4) is 17.0 Å². The number of hydrogen-bond donors (Lipinski definition) is 2. The Morgan fingerprint density at radius 3 is 2.90 bits per heavy atom. The van der Waals surface area contributed by atoms with Crippen molar-refractivity contribution < 1.29 is 4.74 Å². The van der Waals surface area contributed by atoms with E-state index in [1.807, 2.05) is 26.1 Å². The highest BCUT2D eigenvalue weighted by atomic mass is 35.5. The van der Waals surface area contributed by atoms with Crippen LogP contribution in [-0.2, 0) is 19.0 Å². The van der Waals surface area contributed by atoms with Crippen LogP contribution in [0.15, 0.2) is 30.6 Å². The molecule has 0 bridgehead atoms. The van der Waals surface area contributed by atoms with Crippen LogP contribution in [0.4, 0.5) is 5.82 Å². The molecule has 2 atom stereocenters. The Hall–Kier alpha value is -2.58. The van der Waals surface area contributed by atoms with Crippen molar-refractivity contribution in [1.29, 1.82) is 0 Å². The fourth-order valence-corrected chi connectivity index (χ4v) is 4.50. The lowest BCUT2D eigenvalue weighted by Crippen LogP contribution is -2.25. The van der Waals surface area contributed by atoms with Crippen LogP contribution in [0.25, 0.3) is 11.3 Å². The molecule has 9 heteroatoms. The van der Waals surface area contributed by atoms with Crippen molar-refractivity contribution in [3.63, 3.8) is 0 Å². The summed E-state index contributed by atoms with van der Waals surface area (Å²) in [5, 5.41) is 12.5. The van der Waals surface area contributed by atoms with Gasteiger partial charge in [-0.2, -0.15) is 10.2 Å². The Morgan fingerprint density at radius 2 is 2.17 bits per heavy atom. The lowest BCUT2D eigenvalue weighted by molar-refractivity contribution is 0.217. The molecule has 5 heterocycles. The highest BCUT2D eigenvalue weighted by molar-refractivity contribution is 5.85. The van der Waals surface area contributed by atoms with E-state index in [4.69, 9.17) is 15.6 Å². The lowest BCUT2D eigenvalue weighted by Gasteiger charge is -2.20. The van der Waals surface area contributed by atoms with Crippen LogP contribution in [0.1, 0.15) is 37.3 Å². The third kappa shape index (κ3) is 3.26. The van der Waals surface area contributed by atoms with Gasteiger partial charge in [0.15, 0.2) is 11.6 Å². The number of nitrogen functional groups attached to an aromatic ring is 1. The predicted octanol–water partition coefficient (Wildman–Crippen LogP) is 2.46. The number of aromatic nitrogens is 5. The smallest absolute Gasteiger partial charge is 0.166 e. The van der Waals surface area contributed by atoms with Crippen LogP contribution in [0, 0.1) is 0 Å². The van der Waals surface area contributed by atoms with Crippen molar-refractivity contribution in [2.45, 2.75) is 37.8 Å². The number of anilines is 1. The molecule has 3 N–H and O–H groups in total. The molecule has 5 rings (SSSR count). The van der Waals surface area contributed by atoms with E-state index in [2.05, 4.69) is 26.1 Å². The second kappa shape index (κ2) is 7.35. The van der Waals surface area contributed by atoms with Gasteiger partial charge in [-0.05, 0) is 44.5 Å². The Bertz CT molecular complexity index is 1020. The van der Waals surface area contributed by atoms with Crippen molar-refractivity contribution in [2.24, 2.45) is 7.05 Å². The molecule has 0 aliphatic carbocycles. The maximum absolute atomic E-state index is 6.11. The third-order valence-electron chi connectivity index (χ3n) is 6.13. The third-order valence-corrected chi connectivity index (χ3v) is 6.13. The van der Waals surface area contributed by atoms with Crippen LogP contribution < -0.4 is 15.8 Å². The molecule has 154 valence electrons. The lowest BCUT2D eigenvalue weighted by atomic mass is 9.82. The highest BCUT2D eigenvalue weighted by Crippen LogP contribution is 2.41. The van der Waals surface area contributed by atoms with E-state index >= 15 is 0 Å². The average molecular weight is 416 g/mol. The minimum atomic E-state index is -0.188. The van der Waals surface area contributed by atoms with Crippen molar-refractivity contribution in [2.75, 3.05) is 18.8 Å². The van der Waals surface area contributed by atoms with E-state index in [0.717, 1.165) is 36.6 Å². The first-order valence-electron chi connectivity index (χ1n) is 9.75. The number of hydrogen-bond acceptors (Lipinski definition) is 6. The van der Waals surface area contributed by atoms with Gasteiger partial charge in [0.05, 0.1) is 11.4 Å². The number of pyridine rings is 1. The first-order chi connectivity index (χ1) is 13.6. The van der Waals surface area contributed by atoms with Gasteiger partial charge in [-0.1, -0.05) is 0 Å².